The van der Waals surface area contributed by atoms with Gasteiger partial charge in [-0.2, -0.15) is 0 Å². The maximum Gasteiger partial charge on any atom is 0.226 e. The molecule has 0 aromatic carbocycles. The van der Waals surface area contributed by atoms with Crippen molar-refractivity contribution >= 4 is 5.91 Å². The zero-order valence-corrected chi connectivity index (χ0v) is 13.5. The van der Waals surface area contributed by atoms with Gasteiger partial charge in [-0.1, -0.05) is 26.7 Å². The predicted octanol–water partition coefficient (Wildman–Crippen LogP) is 3.13. The van der Waals surface area contributed by atoms with Crippen LogP contribution in [0.5, 0.6) is 0 Å². The molecule has 1 heterocycles. The minimum absolute atomic E-state index is 0.0120. The maximum absolute atomic E-state index is 12.5. The third-order valence-electron chi connectivity index (χ3n) is 4.83. The summed E-state index contributed by atoms with van der Waals surface area (Å²) < 4.78 is 5.46. The van der Waals surface area contributed by atoms with E-state index in [0.29, 0.717) is 11.7 Å². The van der Waals surface area contributed by atoms with Gasteiger partial charge in [-0.15, -0.1) is 0 Å². The number of hydrogen-bond donors (Lipinski definition) is 2. The van der Waals surface area contributed by atoms with Crippen LogP contribution in [0.1, 0.15) is 58.0 Å². The fraction of sp³-hybridized carbons (Fsp3) is 0.706. The molecule has 0 saturated heterocycles. The predicted molar refractivity (Wildman–Crippen MR) is 81.8 cm³/mol. The van der Waals surface area contributed by atoms with E-state index in [0.717, 1.165) is 18.6 Å². The Hall–Kier alpha value is -1.29. The Bertz CT molecular complexity index is 496. The Balaban J connectivity index is 1.96. The zero-order chi connectivity index (χ0) is 15.7. The highest BCUT2D eigenvalue weighted by Gasteiger charge is 2.39. The van der Waals surface area contributed by atoms with Crippen LogP contribution in [-0.4, -0.2) is 17.6 Å². The molecular formula is C17H27NO3. The first-order valence-corrected chi connectivity index (χ1v) is 7.81. The third-order valence-corrected chi connectivity index (χ3v) is 4.83. The smallest absolute Gasteiger partial charge is 0.226 e. The summed E-state index contributed by atoms with van der Waals surface area (Å²) in [5, 5.41) is 13.4. The number of rotatable bonds is 5. The molecule has 1 unspecified atom stereocenters. The summed E-state index contributed by atoms with van der Waals surface area (Å²) in [5.41, 5.74) is -1.57. The molecule has 4 heteroatoms. The quantitative estimate of drug-likeness (QED) is 0.876. The van der Waals surface area contributed by atoms with Gasteiger partial charge in [0.1, 0.15) is 17.1 Å². The van der Waals surface area contributed by atoms with Crippen molar-refractivity contribution in [2.24, 2.45) is 11.3 Å². The molecule has 1 amide bonds. The number of carbonyl (C=O) groups is 1. The lowest BCUT2D eigenvalue weighted by atomic mass is 9.77. The number of carbonyl (C=O) groups excluding carboxylic acids is 1. The molecule has 118 valence electrons. The number of amides is 1. The summed E-state index contributed by atoms with van der Waals surface area (Å²) >= 11 is 0. The number of aryl methyl sites for hydroxylation is 1. The van der Waals surface area contributed by atoms with E-state index in [1.54, 1.807) is 13.0 Å². The van der Waals surface area contributed by atoms with Crippen LogP contribution in [-0.2, 0) is 10.4 Å². The maximum atomic E-state index is 12.5. The second-order valence-electron chi connectivity index (χ2n) is 7.07. The van der Waals surface area contributed by atoms with Gasteiger partial charge in [-0.3, -0.25) is 4.79 Å². The van der Waals surface area contributed by atoms with Crippen molar-refractivity contribution in [3.8, 4) is 0 Å². The largest absolute Gasteiger partial charge is 0.463 e. The fourth-order valence-corrected chi connectivity index (χ4v) is 3.12. The molecule has 2 N–H and O–H groups in total. The SMILES string of the molecule is Cc1ccc(C(C)(O)CNC(=O)C(C)(C)C2CCCC2)o1. The van der Waals surface area contributed by atoms with Crippen molar-refractivity contribution < 1.29 is 14.3 Å². The lowest BCUT2D eigenvalue weighted by Gasteiger charge is -2.31. The standard InChI is InChI=1S/C17H27NO3/c1-12-9-10-14(21-12)17(4,20)11-18-15(19)16(2,3)13-7-5-6-8-13/h9-10,13,20H,5-8,11H2,1-4H3,(H,18,19). The van der Waals surface area contributed by atoms with E-state index in [2.05, 4.69) is 5.32 Å². The van der Waals surface area contributed by atoms with E-state index < -0.39 is 5.60 Å². The summed E-state index contributed by atoms with van der Waals surface area (Å²) in [6.45, 7) is 7.67. The number of furan rings is 1. The molecule has 0 radical (unpaired) electrons. The zero-order valence-electron chi connectivity index (χ0n) is 13.5. The molecule has 0 spiro atoms. The molecule has 0 aliphatic heterocycles. The van der Waals surface area contributed by atoms with E-state index in [9.17, 15) is 9.90 Å². The highest BCUT2D eigenvalue weighted by Crippen LogP contribution is 2.39. The van der Waals surface area contributed by atoms with Crippen LogP contribution < -0.4 is 5.32 Å². The molecule has 1 aliphatic carbocycles. The van der Waals surface area contributed by atoms with Crippen molar-refractivity contribution in [3.63, 3.8) is 0 Å². The van der Waals surface area contributed by atoms with Crippen LogP contribution in [0.4, 0.5) is 0 Å². The highest BCUT2D eigenvalue weighted by atomic mass is 16.4. The molecule has 1 atom stereocenters. The van der Waals surface area contributed by atoms with Crippen molar-refractivity contribution in [1.82, 2.24) is 5.32 Å². The average Bonchev–Trinajstić information content (AvgIpc) is 3.06. The van der Waals surface area contributed by atoms with Gasteiger partial charge in [0.25, 0.3) is 0 Å². The van der Waals surface area contributed by atoms with Crippen LogP contribution in [0.2, 0.25) is 0 Å². The fourth-order valence-electron chi connectivity index (χ4n) is 3.12. The molecule has 21 heavy (non-hydrogen) atoms. The van der Waals surface area contributed by atoms with Crippen LogP contribution in [0, 0.1) is 18.3 Å². The Morgan fingerprint density at radius 1 is 1.33 bits per heavy atom. The second kappa shape index (κ2) is 5.84. The summed E-state index contributed by atoms with van der Waals surface area (Å²) in [5.74, 6) is 1.69. The van der Waals surface area contributed by atoms with Crippen LogP contribution >= 0.6 is 0 Å². The average molecular weight is 293 g/mol. The number of aliphatic hydroxyl groups is 1. The summed E-state index contributed by atoms with van der Waals surface area (Å²) in [6.07, 6.45) is 4.66. The van der Waals surface area contributed by atoms with E-state index in [-0.39, 0.29) is 17.9 Å². The first-order valence-electron chi connectivity index (χ1n) is 7.81. The molecule has 0 bridgehead atoms. The molecule has 1 fully saturated rings. The Labute approximate surface area is 126 Å². The normalized spacial score (nSPS) is 19.5. The van der Waals surface area contributed by atoms with E-state index >= 15 is 0 Å². The lowest BCUT2D eigenvalue weighted by molar-refractivity contribution is -0.133. The molecule has 1 aliphatic rings. The molecular weight excluding hydrogens is 266 g/mol. The van der Waals surface area contributed by atoms with Crippen molar-refractivity contribution in [3.05, 3.63) is 23.7 Å². The van der Waals surface area contributed by atoms with Gasteiger partial charge in [0.05, 0.1) is 6.54 Å². The first-order chi connectivity index (χ1) is 9.73. The van der Waals surface area contributed by atoms with E-state index in [4.69, 9.17) is 4.42 Å². The summed E-state index contributed by atoms with van der Waals surface area (Å²) in [4.78, 5) is 12.5. The van der Waals surface area contributed by atoms with Crippen LogP contribution in [0.15, 0.2) is 16.5 Å². The second-order valence-corrected chi connectivity index (χ2v) is 7.07. The summed E-state index contributed by atoms with van der Waals surface area (Å²) in [7, 11) is 0. The highest BCUT2D eigenvalue weighted by molar-refractivity contribution is 5.82. The molecule has 2 rings (SSSR count). The summed E-state index contributed by atoms with van der Waals surface area (Å²) in [6, 6.07) is 3.57. The van der Waals surface area contributed by atoms with Gasteiger partial charge >= 0.3 is 0 Å². The Morgan fingerprint density at radius 3 is 2.48 bits per heavy atom. The monoisotopic (exact) mass is 293 g/mol. The van der Waals surface area contributed by atoms with Gasteiger partial charge in [-0.05, 0) is 44.7 Å². The third kappa shape index (κ3) is 3.49. The first kappa shape index (κ1) is 16.1. The molecule has 1 aromatic rings. The number of nitrogens with one attached hydrogen (secondary N) is 1. The molecule has 1 saturated carbocycles. The molecule has 1 aromatic heterocycles. The van der Waals surface area contributed by atoms with Gasteiger partial charge in [0.15, 0.2) is 0 Å². The van der Waals surface area contributed by atoms with Gasteiger partial charge in [0, 0.05) is 5.41 Å². The van der Waals surface area contributed by atoms with Crippen molar-refractivity contribution in [1.29, 1.82) is 0 Å². The van der Waals surface area contributed by atoms with Crippen LogP contribution in [0.25, 0.3) is 0 Å². The Kier molecular flexibility index (Phi) is 4.47. The van der Waals surface area contributed by atoms with E-state index in [1.165, 1.54) is 12.8 Å². The minimum atomic E-state index is -1.18. The van der Waals surface area contributed by atoms with Gasteiger partial charge in [0.2, 0.25) is 5.91 Å². The van der Waals surface area contributed by atoms with Gasteiger partial charge < -0.3 is 14.8 Å². The minimum Gasteiger partial charge on any atom is -0.463 e. The Morgan fingerprint density at radius 2 is 1.95 bits per heavy atom. The van der Waals surface area contributed by atoms with Crippen LogP contribution in [0.3, 0.4) is 0 Å². The van der Waals surface area contributed by atoms with Crippen molar-refractivity contribution in [2.75, 3.05) is 6.54 Å². The molecule has 4 nitrogen and oxygen atoms in total. The lowest BCUT2D eigenvalue weighted by Crippen LogP contribution is -2.46. The van der Waals surface area contributed by atoms with E-state index in [1.807, 2.05) is 26.8 Å². The van der Waals surface area contributed by atoms with Gasteiger partial charge in [-0.25, -0.2) is 0 Å². The number of hydrogen-bond acceptors (Lipinski definition) is 3. The van der Waals surface area contributed by atoms with Crippen molar-refractivity contribution in [2.45, 2.75) is 59.0 Å². The topological polar surface area (TPSA) is 62.5 Å².